The van der Waals surface area contributed by atoms with Crippen LogP contribution in [0, 0.1) is 22.7 Å². The smallest absolute Gasteiger partial charge is 0.330 e. The summed E-state index contributed by atoms with van der Waals surface area (Å²) in [5.74, 6) is 0.403. The van der Waals surface area contributed by atoms with E-state index in [2.05, 4.69) is 27.0 Å². The van der Waals surface area contributed by atoms with E-state index in [1.165, 1.54) is 6.08 Å². The first kappa shape index (κ1) is 25.3. The number of ether oxygens (including phenoxy) is 1. The van der Waals surface area contributed by atoms with Crippen LogP contribution in [0.25, 0.3) is 6.08 Å². The Kier molecular flexibility index (Phi) is 7.58. The SMILES string of the molecule is C=CC(=C)CC[C@@H]1[C@@]2(C)CCC[C@](C)(COC(=O)/C=C\c3ccc(O)cc3)C2CC[C@@]1(C)O. The van der Waals surface area contributed by atoms with Gasteiger partial charge in [0, 0.05) is 11.5 Å². The van der Waals surface area contributed by atoms with Crippen LogP contribution in [-0.2, 0) is 9.53 Å². The molecule has 33 heavy (non-hydrogen) atoms. The molecule has 2 aliphatic carbocycles. The summed E-state index contributed by atoms with van der Waals surface area (Å²) in [7, 11) is 0. The summed E-state index contributed by atoms with van der Waals surface area (Å²) < 4.78 is 5.76. The highest BCUT2D eigenvalue weighted by atomic mass is 16.5. The van der Waals surface area contributed by atoms with E-state index in [1.807, 2.05) is 13.0 Å². The number of phenols is 1. The van der Waals surface area contributed by atoms with E-state index in [4.69, 9.17) is 4.74 Å². The van der Waals surface area contributed by atoms with Crippen LogP contribution in [0.2, 0.25) is 0 Å². The van der Waals surface area contributed by atoms with Gasteiger partial charge in [-0.05, 0) is 86.5 Å². The van der Waals surface area contributed by atoms with Crippen molar-refractivity contribution < 1.29 is 19.7 Å². The van der Waals surface area contributed by atoms with Crippen molar-refractivity contribution >= 4 is 12.0 Å². The van der Waals surface area contributed by atoms with E-state index < -0.39 is 5.60 Å². The summed E-state index contributed by atoms with van der Waals surface area (Å²) in [5.41, 5.74) is 1.03. The third kappa shape index (κ3) is 5.60. The van der Waals surface area contributed by atoms with E-state index in [-0.39, 0.29) is 28.5 Å². The van der Waals surface area contributed by atoms with Crippen molar-refractivity contribution in [1.82, 2.24) is 0 Å². The molecular formula is C29H40O4. The maximum atomic E-state index is 12.5. The molecule has 0 saturated heterocycles. The van der Waals surface area contributed by atoms with E-state index >= 15 is 0 Å². The number of fused-ring (bicyclic) bond motifs is 1. The molecule has 5 atom stereocenters. The lowest BCUT2D eigenvalue weighted by Gasteiger charge is -2.61. The van der Waals surface area contributed by atoms with Crippen molar-refractivity contribution in [1.29, 1.82) is 0 Å². The highest BCUT2D eigenvalue weighted by Gasteiger charge is 2.59. The molecule has 180 valence electrons. The van der Waals surface area contributed by atoms with Crippen LogP contribution in [0.4, 0.5) is 0 Å². The number of carbonyl (C=O) groups is 1. The van der Waals surface area contributed by atoms with Crippen LogP contribution in [-0.4, -0.2) is 28.4 Å². The van der Waals surface area contributed by atoms with E-state index in [9.17, 15) is 15.0 Å². The van der Waals surface area contributed by atoms with Gasteiger partial charge >= 0.3 is 5.97 Å². The number of rotatable bonds is 8. The quantitative estimate of drug-likeness (QED) is 0.270. The van der Waals surface area contributed by atoms with Gasteiger partial charge in [-0.15, -0.1) is 0 Å². The number of hydrogen-bond donors (Lipinski definition) is 2. The molecule has 0 aliphatic heterocycles. The van der Waals surface area contributed by atoms with E-state index in [1.54, 1.807) is 30.3 Å². The number of hydrogen-bond acceptors (Lipinski definition) is 4. The Morgan fingerprint density at radius 1 is 1.18 bits per heavy atom. The van der Waals surface area contributed by atoms with Crippen molar-refractivity contribution in [2.45, 2.75) is 71.3 Å². The third-order valence-electron chi connectivity index (χ3n) is 8.48. The first-order valence-electron chi connectivity index (χ1n) is 12.2. The fourth-order valence-electron chi connectivity index (χ4n) is 6.71. The normalized spacial score (nSPS) is 33.9. The minimum Gasteiger partial charge on any atom is -0.508 e. The fourth-order valence-corrected chi connectivity index (χ4v) is 6.71. The number of carbonyl (C=O) groups excluding carboxylic acids is 1. The number of benzene rings is 1. The van der Waals surface area contributed by atoms with Crippen molar-refractivity contribution in [2.75, 3.05) is 6.61 Å². The summed E-state index contributed by atoms with van der Waals surface area (Å²) >= 11 is 0. The summed E-state index contributed by atoms with van der Waals surface area (Å²) in [4.78, 5) is 12.5. The molecule has 0 amide bonds. The molecule has 1 aromatic rings. The van der Waals surface area contributed by atoms with Gasteiger partial charge in [0.1, 0.15) is 5.75 Å². The van der Waals surface area contributed by atoms with Crippen LogP contribution in [0.15, 0.2) is 55.1 Å². The Labute approximate surface area is 199 Å². The summed E-state index contributed by atoms with van der Waals surface area (Å²) in [5, 5.41) is 20.7. The van der Waals surface area contributed by atoms with Crippen molar-refractivity contribution in [2.24, 2.45) is 22.7 Å². The summed E-state index contributed by atoms with van der Waals surface area (Å²) in [6.07, 6.45) is 11.6. The molecule has 2 saturated carbocycles. The molecule has 0 heterocycles. The molecule has 1 unspecified atom stereocenters. The molecule has 1 aromatic carbocycles. The standard InChI is InChI=1S/C29H40O4/c1-6-21(2)8-14-25-28(4)18-7-17-27(3,24(28)16-19-29(25,5)32)20-33-26(31)15-11-22-9-12-23(30)13-10-22/h6,9-13,15,24-25,30,32H,1-2,7-8,14,16-20H2,3-5H3/b15-11-/t24?,25-,27-,28+,29-/m1/s1. The molecular weight excluding hydrogens is 412 g/mol. The number of aliphatic hydroxyl groups is 1. The first-order chi connectivity index (χ1) is 15.5. The van der Waals surface area contributed by atoms with Crippen LogP contribution in [0.3, 0.4) is 0 Å². The topological polar surface area (TPSA) is 66.8 Å². The molecule has 0 bridgehead atoms. The maximum absolute atomic E-state index is 12.5. The Bertz CT molecular complexity index is 897. The molecule has 0 radical (unpaired) electrons. The van der Waals surface area contributed by atoms with Gasteiger partial charge in [0.05, 0.1) is 12.2 Å². The molecule has 3 rings (SSSR count). The lowest BCUT2D eigenvalue weighted by atomic mass is 9.45. The van der Waals surface area contributed by atoms with Crippen LogP contribution < -0.4 is 0 Å². The summed E-state index contributed by atoms with van der Waals surface area (Å²) in [6, 6.07) is 6.69. The van der Waals surface area contributed by atoms with Crippen LogP contribution in [0.5, 0.6) is 5.75 Å². The Hall–Kier alpha value is -2.33. The second-order valence-electron chi connectivity index (χ2n) is 10.9. The van der Waals surface area contributed by atoms with Crippen LogP contribution in [0.1, 0.15) is 71.3 Å². The minimum absolute atomic E-state index is 0.00944. The van der Waals surface area contributed by atoms with E-state index in [0.29, 0.717) is 12.5 Å². The van der Waals surface area contributed by atoms with Gasteiger partial charge < -0.3 is 14.9 Å². The van der Waals surface area contributed by atoms with Gasteiger partial charge in [-0.2, -0.15) is 0 Å². The zero-order chi connectivity index (χ0) is 24.3. The highest BCUT2D eigenvalue weighted by molar-refractivity contribution is 5.87. The van der Waals surface area contributed by atoms with Gasteiger partial charge in [0.15, 0.2) is 0 Å². The van der Waals surface area contributed by atoms with Crippen molar-refractivity contribution in [3.05, 3.63) is 60.7 Å². The van der Waals surface area contributed by atoms with Gasteiger partial charge in [-0.1, -0.05) is 57.2 Å². The monoisotopic (exact) mass is 452 g/mol. The fraction of sp³-hybridized carbons (Fsp3) is 0.552. The largest absolute Gasteiger partial charge is 0.508 e. The molecule has 4 nitrogen and oxygen atoms in total. The second kappa shape index (κ2) is 9.89. The Balaban J connectivity index is 1.71. The van der Waals surface area contributed by atoms with Crippen molar-refractivity contribution in [3.8, 4) is 5.75 Å². The van der Waals surface area contributed by atoms with Crippen LogP contribution >= 0.6 is 0 Å². The number of phenolic OH excluding ortho intramolecular Hbond substituents is 1. The zero-order valence-electron chi connectivity index (χ0n) is 20.5. The highest BCUT2D eigenvalue weighted by Crippen LogP contribution is 2.63. The number of allylic oxidation sites excluding steroid dienone is 2. The maximum Gasteiger partial charge on any atom is 0.330 e. The zero-order valence-corrected chi connectivity index (χ0v) is 20.5. The van der Waals surface area contributed by atoms with Gasteiger partial charge in [0.2, 0.25) is 0 Å². The summed E-state index contributed by atoms with van der Waals surface area (Å²) in [6.45, 7) is 14.9. The Morgan fingerprint density at radius 2 is 1.88 bits per heavy atom. The predicted molar refractivity (Wildman–Crippen MR) is 134 cm³/mol. The molecule has 0 spiro atoms. The predicted octanol–water partition coefficient (Wildman–Crippen LogP) is 6.44. The molecule has 2 aliphatic rings. The Morgan fingerprint density at radius 3 is 2.55 bits per heavy atom. The number of aromatic hydroxyl groups is 1. The average Bonchev–Trinajstić information content (AvgIpc) is 2.76. The lowest BCUT2D eigenvalue weighted by Crippen LogP contribution is -2.59. The van der Waals surface area contributed by atoms with Gasteiger partial charge in [-0.3, -0.25) is 0 Å². The van der Waals surface area contributed by atoms with Gasteiger partial charge in [0.25, 0.3) is 0 Å². The second-order valence-corrected chi connectivity index (χ2v) is 10.9. The first-order valence-corrected chi connectivity index (χ1v) is 12.2. The molecule has 4 heteroatoms. The third-order valence-corrected chi connectivity index (χ3v) is 8.48. The minimum atomic E-state index is -0.700. The van der Waals surface area contributed by atoms with Crippen molar-refractivity contribution in [3.63, 3.8) is 0 Å². The molecule has 2 fully saturated rings. The average molecular weight is 453 g/mol. The van der Waals surface area contributed by atoms with E-state index in [0.717, 1.165) is 56.1 Å². The molecule has 0 aromatic heterocycles. The number of esters is 1. The van der Waals surface area contributed by atoms with Gasteiger partial charge in [-0.25, -0.2) is 4.79 Å². The molecule has 2 N–H and O–H groups in total. The lowest BCUT2D eigenvalue weighted by molar-refractivity contribution is -0.185.